The molecule has 1 aromatic heterocycles. The minimum absolute atomic E-state index is 0.0140. The maximum Gasteiger partial charge on any atom is 0.293 e. The van der Waals surface area contributed by atoms with Crippen LogP contribution in [0.25, 0.3) is 0 Å². The second kappa shape index (κ2) is 6.20. The van der Waals surface area contributed by atoms with Crippen LogP contribution in [0.15, 0.2) is 17.2 Å². The highest BCUT2D eigenvalue weighted by atomic mass is 35.5. The number of likely N-dealkylation sites (N-methyl/N-ethyl adjacent to an activating group) is 1. The lowest BCUT2D eigenvalue weighted by molar-refractivity contribution is 0.156. The van der Waals surface area contributed by atoms with Crippen molar-refractivity contribution in [1.82, 2.24) is 9.55 Å². The largest absolute Gasteiger partial charge is 0.378 e. The first-order valence-corrected chi connectivity index (χ1v) is 6.69. The van der Waals surface area contributed by atoms with Crippen LogP contribution in [0.4, 0.5) is 5.82 Å². The molecule has 0 amide bonds. The number of ether oxygens (including phenoxy) is 1. The van der Waals surface area contributed by atoms with Crippen molar-refractivity contribution in [2.24, 2.45) is 0 Å². The fourth-order valence-corrected chi connectivity index (χ4v) is 1.89. The van der Waals surface area contributed by atoms with Gasteiger partial charge >= 0.3 is 0 Å². The zero-order valence-electron chi connectivity index (χ0n) is 10.5. The summed E-state index contributed by atoms with van der Waals surface area (Å²) < 4.78 is 7.07. The van der Waals surface area contributed by atoms with E-state index in [9.17, 15) is 4.79 Å². The van der Waals surface area contributed by atoms with Gasteiger partial charge in [-0.15, -0.1) is 11.6 Å². The molecule has 0 aliphatic heterocycles. The van der Waals surface area contributed by atoms with E-state index in [1.165, 1.54) is 0 Å². The Bertz CT molecular complexity index is 445. The average molecular weight is 272 g/mol. The van der Waals surface area contributed by atoms with E-state index in [1.807, 2.05) is 11.9 Å². The highest BCUT2D eigenvalue weighted by Gasteiger charge is 2.25. The molecule has 0 spiro atoms. The third kappa shape index (κ3) is 3.23. The van der Waals surface area contributed by atoms with E-state index >= 15 is 0 Å². The minimum Gasteiger partial charge on any atom is -0.378 e. The third-order valence-corrected chi connectivity index (χ3v) is 3.10. The molecule has 0 saturated heterocycles. The molecule has 0 bridgehead atoms. The van der Waals surface area contributed by atoms with Crippen LogP contribution in [-0.4, -0.2) is 42.2 Å². The molecule has 6 heteroatoms. The van der Waals surface area contributed by atoms with Crippen LogP contribution in [0.1, 0.15) is 18.9 Å². The monoisotopic (exact) mass is 271 g/mol. The number of hydrogen-bond donors (Lipinski definition) is 0. The molecule has 18 heavy (non-hydrogen) atoms. The summed E-state index contributed by atoms with van der Waals surface area (Å²) in [5.74, 6) is 0.973. The van der Waals surface area contributed by atoms with Crippen LogP contribution in [-0.2, 0) is 4.74 Å². The lowest BCUT2D eigenvalue weighted by atomic mass is 10.5. The lowest BCUT2D eigenvalue weighted by Crippen LogP contribution is -2.32. The molecule has 1 heterocycles. The highest BCUT2D eigenvalue weighted by Crippen LogP contribution is 2.33. The Kier molecular flexibility index (Phi) is 4.60. The number of rotatable bonds is 7. The van der Waals surface area contributed by atoms with Gasteiger partial charge in [-0.2, -0.15) is 0 Å². The van der Waals surface area contributed by atoms with E-state index in [4.69, 9.17) is 16.3 Å². The number of alkyl halides is 1. The van der Waals surface area contributed by atoms with Gasteiger partial charge in [0.1, 0.15) is 0 Å². The summed E-state index contributed by atoms with van der Waals surface area (Å²) in [5.41, 5.74) is -0.0140. The van der Waals surface area contributed by atoms with E-state index in [1.54, 1.807) is 17.0 Å². The topological polar surface area (TPSA) is 47.4 Å². The molecule has 1 saturated carbocycles. The lowest BCUT2D eigenvalue weighted by Gasteiger charge is -2.18. The molecule has 1 fully saturated rings. The Balaban J connectivity index is 1.99. The molecule has 0 aromatic carbocycles. The molecule has 0 N–H and O–H groups in total. The summed E-state index contributed by atoms with van der Waals surface area (Å²) in [5, 5.41) is 0. The summed E-state index contributed by atoms with van der Waals surface area (Å²) in [6, 6.07) is 0.375. The van der Waals surface area contributed by atoms with E-state index in [-0.39, 0.29) is 5.56 Å². The number of nitrogens with zero attached hydrogens (tertiary/aromatic N) is 3. The maximum atomic E-state index is 12.2. The molecule has 0 radical (unpaired) electrons. The van der Waals surface area contributed by atoms with Gasteiger partial charge in [-0.3, -0.25) is 4.79 Å². The van der Waals surface area contributed by atoms with Crippen molar-refractivity contribution < 1.29 is 4.74 Å². The number of aromatic nitrogens is 2. The Labute approximate surface area is 111 Å². The predicted molar refractivity (Wildman–Crippen MR) is 71.6 cm³/mol. The first-order valence-electron chi connectivity index (χ1n) is 6.16. The Morgan fingerprint density at radius 2 is 2.33 bits per heavy atom. The van der Waals surface area contributed by atoms with Gasteiger partial charge < -0.3 is 14.2 Å². The molecule has 1 aliphatic carbocycles. The zero-order chi connectivity index (χ0) is 13.0. The fraction of sp³-hybridized carbons (Fsp3) is 0.667. The van der Waals surface area contributed by atoms with Gasteiger partial charge in [0, 0.05) is 37.9 Å². The first-order chi connectivity index (χ1) is 8.74. The summed E-state index contributed by atoms with van der Waals surface area (Å²) in [6.07, 6.45) is 5.63. The summed E-state index contributed by atoms with van der Waals surface area (Å²) in [4.78, 5) is 18.2. The van der Waals surface area contributed by atoms with Crippen LogP contribution in [0.3, 0.4) is 0 Å². The van der Waals surface area contributed by atoms with Gasteiger partial charge in [0.2, 0.25) is 0 Å². The average Bonchev–Trinajstić information content (AvgIpc) is 3.19. The smallest absolute Gasteiger partial charge is 0.293 e. The number of anilines is 1. The highest BCUT2D eigenvalue weighted by molar-refractivity contribution is 6.17. The van der Waals surface area contributed by atoms with Crippen LogP contribution in [0.5, 0.6) is 0 Å². The van der Waals surface area contributed by atoms with Crippen LogP contribution in [0, 0.1) is 0 Å². The van der Waals surface area contributed by atoms with Gasteiger partial charge in [-0.1, -0.05) is 0 Å². The van der Waals surface area contributed by atoms with Crippen molar-refractivity contribution in [1.29, 1.82) is 0 Å². The fourth-order valence-electron chi connectivity index (χ4n) is 1.78. The number of hydrogen-bond acceptors (Lipinski definition) is 4. The predicted octanol–water partition coefficient (Wildman–Crippen LogP) is 1.27. The van der Waals surface area contributed by atoms with E-state index in [2.05, 4.69) is 4.98 Å². The zero-order valence-corrected chi connectivity index (χ0v) is 11.3. The van der Waals surface area contributed by atoms with Crippen molar-refractivity contribution in [3.8, 4) is 0 Å². The molecule has 0 unspecified atom stereocenters. The Hall–Kier alpha value is -1.07. The number of halogens is 1. The Morgan fingerprint density at radius 1 is 1.56 bits per heavy atom. The van der Waals surface area contributed by atoms with Gasteiger partial charge in [-0.05, 0) is 12.8 Å². The van der Waals surface area contributed by atoms with Gasteiger partial charge in [0.05, 0.1) is 13.2 Å². The molecule has 100 valence electrons. The SMILES string of the molecule is CN(CCOCCCl)c1nccn(C2CC2)c1=O. The van der Waals surface area contributed by atoms with Crippen molar-refractivity contribution in [2.45, 2.75) is 18.9 Å². The van der Waals surface area contributed by atoms with E-state index in [0.717, 1.165) is 12.8 Å². The first kappa shape index (κ1) is 13.4. The van der Waals surface area contributed by atoms with Crippen LogP contribution in [0.2, 0.25) is 0 Å². The van der Waals surface area contributed by atoms with Gasteiger partial charge in [0.15, 0.2) is 5.82 Å². The second-order valence-electron chi connectivity index (χ2n) is 4.42. The normalized spacial score (nSPS) is 14.8. The van der Waals surface area contributed by atoms with Crippen molar-refractivity contribution >= 4 is 17.4 Å². The second-order valence-corrected chi connectivity index (χ2v) is 4.80. The van der Waals surface area contributed by atoms with Crippen molar-refractivity contribution in [3.05, 3.63) is 22.7 Å². The molecule has 1 aliphatic rings. The van der Waals surface area contributed by atoms with Crippen LogP contribution >= 0.6 is 11.6 Å². The molecule has 1 aromatic rings. The summed E-state index contributed by atoms with van der Waals surface area (Å²) >= 11 is 5.52. The summed E-state index contributed by atoms with van der Waals surface area (Å²) in [6.45, 7) is 1.71. The molecule has 2 rings (SSSR count). The van der Waals surface area contributed by atoms with E-state index in [0.29, 0.717) is 37.5 Å². The summed E-state index contributed by atoms with van der Waals surface area (Å²) in [7, 11) is 1.85. The molecule has 0 atom stereocenters. The quantitative estimate of drug-likeness (QED) is 0.554. The standard InChI is InChI=1S/C12H18ClN3O2/c1-15(7-9-18-8-4-13)11-12(17)16(6-5-14-11)10-2-3-10/h5-6,10H,2-4,7-9H2,1H3. The molecule has 5 nitrogen and oxygen atoms in total. The van der Waals surface area contributed by atoms with Gasteiger partial charge in [-0.25, -0.2) is 4.98 Å². The van der Waals surface area contributed by atoms with Crippen molar-refractivity contribution in [2.75, 3.05) is 37.6 Å². The van der Waals surface area contributed by atoms with Crippen molar-refractivity contribution in [3.63, 3.8) is 0 Å². The maximum absolute atomic E-state index is 12.2. The Morgan fingerprint density at radius 3 is 3.00 bits per heavy atom. The minimum atomic E-state index is -0.0140. The molecular weight excluding hydrogens is 254 g/mol. The van der Waals surface area contributed by atoms with E-state index < -0.39 is 0 Å². The third-order valence-electron chi connectivity index (χ3n) is 2.94. The molecular formula is C12H18ClN3O2. The van der Waals surface area contributed by atoms with Gasteiger partial charge in [0.25, 0.3) is 5.56 Å². The van der Waals surface area contributed by atoms with Crippen LogP contribution < -0.4 is 10.5 Å².